The van der Waals surface area contributed by atoms with Crippen molar-refractivity contribution < 1.29 is 9.84 Å². The molecule has 0 aliphatic carbocycles. The number of methoxy groups -OCH3 is 1. The molecule has 0 aromatic carbocycles. The van der Waals surface area contributed by atoms with Crippen LogP contribution in [0.3, 0.4) is 0 Å². The number of aliphatic hydroxyl groups is 1. The van der Waals surface area contributed by atoms with E-state index in [0.29, 0.717) is 25.1 Å². The molecule has 0 aliphatic rings. The third-order valence-electron chi connectivity index (χ3n) is 1.89. The molecule has 0 aromatic heterocycles. The lowest BCUT2D eigenvalue weighted by atomic mass is 10.1. The van der Waals surface area contributed by atoms with Crippen molar-refractivity contribution in [3.63, 3.8) is 0 Å². The summed E-state index contributed by atoms with van der Waals surface area (Å²) in [5, 5.41) is 12.6. The molecule has 0 amide bonds. The highest BCUT2D eigenvalue weighted by atomic mass is 16.5. The molecule has 2 N–H and O–H groups in total. The summed E-state index contributed by atoms with van der Waals surface area (Å²) >= 11 is 0. The summed E-state index contributed by atoms with van der Waals surface area (Å²) < 4.78 is 4.83. The molecule has 2 atom stereocenters. The molecule has 80 valence electrons. The molecule has 13 heavy (non-hydrogen) atoms. The van der Waals surface area contributed by atoms with Gasteiger partial charge in [0, 0.05) is 19.7 Å². The summed E-state index contributed by atoms with van der Waals surface area (Å²) in [5.41, 5.74) is 0. The first-order valence-electron chi connectivity index (χ1n) is 4.96. The van der Waals surface area contributed by atoms with Crippen LogP contribution in [0.15, 0.2) is 0 Å². The van der Waals surface area contributed by atoms with E-state index >= 15 is 0 Å². The molecular weight excluding hydrogens is 166 g/mol. The van der Waals surface area contributed by atoms with Crippen LogP contribution in [-0.2, 0) is 4.74 Å². The molecule has 2 unspecified atom stereocenters. The summed E-state index contributed by atoms with van der Waals surface area (Å²) in [5.74, 6) is 0.696. The Bertz CT molecular complexity index is 117. The van der Waals surface area contributed by atoms with E-state index in [4.69, 9.17) is 4.74 Å². The van der Waals surface area contributed by atoms with Gasteiger partial charge in [-0.1, -0.05) is 13.8 Å². The van der Waals surface area contributed by atoms with Gasteiger partial charge in [-0.3, -0.25) is 0 Å². The second kappa shape index (κ2) is 7.30. The average Bonchev–Trinajstić information content (AvgIpc) is 2.00. The smallest absolute Gasteiger partial charge is 0.0897 e. The Morgan fingerprint density at radius 2 is 1.92 bits per heavy atom. The first kappa shape index (κ1) is 12.9. The van der Waals surface area contributed by atoms with Crippen molar-refractivity contribution in [2.45, 2.75) is 39.3 Å². The van der Waals surface area contributed by atoms with E-state index in [2.05, 4.69) is 26.1 Å². The van der Waals surface area contributed by atoms with E-state index in [1.807, 2.05) is 0 Å². The minimum absolute atomic E-state index is 0.389. The quantitative estimate of drug-likeness (QED) is 0.628. The van der Waals surface area contributed by atoms with Crippen LogP contribution in [0.25, 0.3) is 0 Å². The number of aliphatic hydroxyl groups excluding tert-OH is 1. The highest BCUT2D eigenvalue weighted by molar-refractivity contribution is 4.66. The van der Waals surface area contributed by atoms with Crippen LogP contribution in [0.5, 0.6) is 0 Å². The third-order valence-corrected chi connectivity index (χ3v) is 1.89. The normalized spacial score (nSPS) is 16.2. The maximum Gasteiger partial charge on any atom is 0.0897 e. The van der Waals surface area contributed by atoms with Crippen molar-refractivity contribution in [3.05, 3.63) is 0 Å². The highest BCUT2D eigenvalue weighted by Gasteiger charge is 2.07. The number of hydrogen-bond acceptors (Lipinski definition) is 3. The van der Waals surface area contributed by atoms with Crippen molar-refractivity contribution in [2.75, 3.05) is 20.3 Å². The van der Waals surface area contributed by atoms with Gasteiger partial charge >= 0.3 is 0 Å². The average molecular weight is 189 g/mol. The maximum absolute atomic E-state index is 9.34. The fraction of sp³-hybridized carbons (Fsp3) is 1.00. The molecule has 0 aromatic rings. The monoisotopic (exact) mass is 189 g/mol. The molecule has 0 aliphatic heterocycles. The molecule has 0 bridgehead atoms. The molecule has 3 heteroatoms. The zero-order valence-electron chi connectivity index (χ0n) is 9.21. The Kier molecular flexibility index (Phi) is 7.23. The molecule has 0 radical (unpaired) electrons. The van der Waals surface area contributed by atoms with Crippen LogP contribution in [0.2, 0.25) is 0 Å². The fourth-order valence-electron chi connectivity index (χ4n) is 1.38. The fourth-order valence-corrected chi connectivity index (χ4v) is 1.38. The predicted octanol–water partition coefficient (Wildman–Crippen LogP) is 1.02. The van der Waals surface area contributed by atoms with Gasteiger partial charge in [-0.05, 0) is 19.3 Å². The van der Waals surface area contributed by atoms with Gasteiger partial charge in [-0.15, -0.1) is 0 Å². The van der Waals surface area contributed by atoms with Gasteiger partial charge in [0.15, 0.2) is 0 Å². The summed E-state index contributed by atoms with van der Waals surface area (Å²) in [6.07, 6.45) is 0.749. The van der Waals surface area contributed by atoms with Gasteiger partial charge < -0.3 is 15.2 Å². The van der Waals surface area contributed by atoms with Crippen LogP contribution in [0, 0.1) is 5.92 Å². The van der Waals surface area contributed by atoms with Gasteiger partial charge in [-0.25, -0.2) is 0 Å². The molecule has 0 saturated carbocycles. The second-order valence-corrected chi connectivity index (χ2v) is 4.05. The number of rotatable bonds is 7. The Labute approximate surface area is 81.5 Å². The number of hydrogen-bond donors (Lipinski definition) is 2. The van der Waals surface area contributed by atoms with Gasteiger partial charge in [0.1, 0.15) is 0 Å². The van der Waals surface area contributed by atoms with Crippen molar-refractivity contribution in [2.24, 2.45) is 5.92 Å². The van der Waals surface area contributed by atoms with Crippen molar-refractivity contribution in [3.8, 4) is 0 Å². The van der Waals surface area contributed by atoms with Gasteiger partial charge in [0.05, 0.1) is 12.7 Å². The van der Waals surface area contributed by atoms with E-state index in [9.17, 15) is 5.11 Å². The lowest BCUT2D eigenvalue weighted by Gasteiger charge is -2.18. The maximum atomic E-state index is 9.34. The van der Waals surface area contributed by atoms with Crippen molar-refractivity contribution >= 4 is 0 Å². The molecule has 0 fully saturated rings. The highest BCUT2D eigenvalue weighted by Crippen LogP contribution is 2.03. The lowest BCUT2D eigenvalue weighted by Crippen LogP contribution is -2.36. The van der Waals surface area contributed by atoms with Crippen LogP contribution in [0.1, 0.15) is 27.2 Å². The van der Waals surface area contributed by atoms with E-state index in [1.54, 1.807) is 7.11 Å². The molecule has 3 nitrogen and oxygen atoms in total. The van der Waals surface area contributed by atoms with E-state index in [-0.39, 0.29) is 6.10 Å². The first-order chi connectivity index (χ1) is 6.06. The Balaban J connectivity index is 3.40. The predicted molar refractivity (Wildman–Crippen MR) is 54.8 cm³/mol. The lowest BCUT2D eigenvalue weighted by molar-refractivity contribution is 0.0626. The second-order valence-electron chi connectivity index (χ2n) is 4.05. The third kappa shape index (κ3) is 8.22. The molecular formula is C10H23NO2. The van der Waals surface area contributed by atoms with Gasteiger partial charge in [0.25, 0.3) is 0 Å². The summed E-state index contributed by atoms with van der Waals surface area (Å²) in [4.78, 5) is 0. The van der Waals surface area contributed by atoms with E-state index in [1.165, 1.54) is 0 Å². The molecule has 0 heterocycles. The van der Waals surface area contributed by atoms with Crippen molar-refractivity contribution in [1.29, 1.82) is 0 Å². The van der Waals surface area contributed by atoms with Crippen LogP contribution < -0.4 is 5.32 Å². The molecule has 0 spiro atoms. The van der Waals surface area contributed by atoms with Crippen LogP contribution >= 0.6 is 0 Å². The standard InChI is InChI=1S/C10H23NO2/c1-8(2)5-9(3)11-6-10(12)7-13-4/h8-12H,5-7H2,1-4H3. The Hall–Kier alpha value is -0.120. The topological polar surface area (TPSA) is 41.5 Å². The van der Waals surface area contributed by atoms with Crippen molar-refractivity contribution in [1.82, 2.24) is 5.32 Å². The zero-order chi connectivity index (χ0) is 10.3. The van der Waals surface area contributed by atoms with Crippen LogP contribution in [0.4, 0.5) is 0 Å². The first-order valence-corrected chi connectivity index (χ1v) is 4.96. The summed E-state index contributed by atoms with van der Waals surface area (Å²) in [7, 11) is 1.60. The number of nitrogens with one attached hydrogen (secondary N) is 1. The zero-order valence-corrected chi connectivity index (χ0v) is 9.21. The SMILES string of the molecule is COCC(O)CNC(C)CC(C)C. The van der Waals surface area contributed by atoms with Gasteiger partial charge in [0.2, 0.25) is 0 Å². The van der Waals surface area contributed by atoms with Gasteiger partial charge in [-0.2, -0.15) is 0 Å². The minimum Gasteiger partial charge on any atom is -0.389 e. The number of ether oxygens (including phenoxy) is 1. The van der Waals surface area contributed by atoms with E-state index < -0.39 is 0 Å². The minimum atomic E-state index is -0.389. The van der Waals surface area contributed by atoms with E-state index in [0.717, 1.165) is 6.42 Å². The van der Waals surface area contributed by atoms with Crippen LogP contribution in [-0.4, -0.2) is 37.5 Å². The largest absolute Gasteiger partial charge is 0.389 e. The Morgan fingerprint density at radius 1 is 1.31 bits per heavy atom. The Morgan fingerprint density at radius 3 is 2.38 bits per heavy atom. The molecule has 0 rings (SSSR count). The molecule has 0 saturated heterocycles. The summed E-state index contributed by atoms with van der Waals surface area (Å²) in [6.45, 7) is 7.55. The summed E-state index contributed by atoms with van der Waals surface area (Å²) in [6, 6.07) is 0.464.